The Balaban J connectivity index is 1.54. The number of hydrogen-bond acceptors (Lipinski definition) is 4. The lowest BCUT2D eigenvalue weighted by Crippen LogP contribution is -2.59. The van der Waals surface area contributed by atoms with Gasteiger partial charge in [0, 0.05) is 32.8 Å². The normalized spacial score (nSPS) is 28.3. The summed E-state index contributed by atoms with van der Waals surface area (Å²) in [5.74, 6) is 0. The second-order valence-electron chi connectivity index (χ2n) is 5.30. The summed E-state index contributed by atoms with van der Waals surface area (Å²) in [6.45, 7) is 7.95. The van der Waals surface area contributed by atoms with Crippen LogP contribution in [0.4, 0.5) is 0 Å². The number of nitrogens with one attached hydrogen (secondary N) is 1. The van der Waals surface area contributed by atoms with Crippen molar-refractivity contribution in [1.29, 1.82) is 0 Å². The molecule has 0 aromatic carbocycles. The van der Waals surface area contributed by atoms with Crippen LogP contribution in [0.1, 0.15) is 19.8 Å². The lowest BCUT2D eigenvalue weighted by Gasteiger charge is -2.39. The fourth-order valence-corrected chi connectivity index (χ4v) is 2.25. The van der Waals surface area contributed by atoms with E-state index in [1.807, 2.05) is 0 Å². The molecule has 94 valence electrons. The van der Waals surface area contributed by atoms with Crippen LogP contribution < -0.4 is 5.32 Å². The molecule has 4 nitrogen and oxygen atoms in total. The number of nitrogens with zero attached hydrogens (tertiary/aromatic N) is 1. The lowest BCUT2D eigenvalue weighted by atomic mass is 10.0. The van der Waals surface area contributed by atoms with Gasteiger partial charge in [0.15, 0.2) is 0 Å². The van der Waals surface area contributed by atoms with Crippen molar-refractivity contribution in [3.05, 3.63) is 0 Å². The first-order chi connectivity index (χ1) is 7.68. The van der Waals surface area contributed by atoms with Crippen molar-refractivity contribution in [2.75, 3.05) is 46.4 Å². The molecule has 0 bridgehead atoms. The number of ether oxygens (including phenoxy) is 2. The van der Waals surface area contributed by atoms with Crippen molar-refractivity contribution >= 4 is 0 Å². The SMILES string of the molecule is CN(CCOC1(C)CNC1)CC1CCCO1. The Bertz CT molecular complexity index is 213. The fraction of sp³-hybridized carbons (Fsp3) is 1.00. The minimum atomic E-state index is 0.0880. The fourth-order valence-electron chi connectivity index (χ4n) is 2.25. The zero-order valence-corrected chi connectivity index (χ0v) is 10.5. The Morgan fingerprint density at radius 1 is 1.50 bits per heavy atom. The smallest absolute Gasteiger partial charge is 0.0902 e. The summed E-state index contributed by atoms with van der Waals surface area (Å²) in [5, 5.41) is 3.24. The zero-order chi connectivity index (χ0) is 11.4. The third-order valence-corrected chi connectivity index (χ3v) is 3.46. The number of rotatable bonds is 6. The number of likely N-dealkylation sites (N-methyl/N-ethyl adjacent to an activating group) is 1. The molecule has 1 unspecified atom stereocenters. The maximum Gasteiger partial charge on any atom is 0.0902 e. The summed E-state index contributed by atoms with van der Waals surface area (Å²) in [6, 6.07) is 0. The molecule has 0 aliphatic carbocycles. The summed E-state index contributed by atoms with van der Waals surface area (Å²) < 4.78 is 11.5. The molecule has 0 spiro atoms. The van der Waals surface area contributed by atoms with E-state index in [2.05, 4.69) is 24.2 Å². The van der Waals surface area contributed by atoms with Gasteiger partial charge in [-0.1, -0.05) is 0 Å². The van der Waals surface area contributed by atoms with Crippen LogP contribution in [0, 0.1) is 0 Å². The summed E-state index contributed by atoms with van der Waals surface area (Å²) in [7, 11) is 2.15. The summed E-state index contributed by atoms with van der Waals surface area (Å²) in [5.41, 5.74) is 0.0880. The Morgan fingerprint density at radius 2 is 2.31 bits per heavy atom. The molecule has 0 amide bonds. The van der Waals surface area contributed by atoms with E-state index in [0.717, 1.165) is 39.4 Å². The van der Waals surface area contributed by atoms with E-state index in [1.54, 1.807) is 0 Å². The van der Waals surface area contributed by atoms with E-state index < -0.39 is 0 Å². The van der Waals surface area contributed by atoms with Gasteiger partial charge in [-0.2, -0.15) is 0 Å². The van der Waals surface area contributed by atoms with E-state index >= 15 is 0 Å². The van der Waals surface area contributed by atoms with E-state index in [4.69, 9.17) is 9.47 Å². The molecule has 2 rings (SSSR count). The van der Waals surface area contributed by atoms with Crippen LogP contribution in [0.25, 0.3) is 0 Å². The molecule has 0 aromatic rings. The van der Waals surface area contributed by atoms with Gasteiger partial charge >= 0.3 is 0 Å². The van der Waals surface area contributed by atoms with E-state index in [1.165, 1.54) is 12.8 Å². The average molecular weight is 228 g/mol. The van der Waals surface area contributed by atoms with Crippen LogP contribution in [0.3, 0.4) is 0 Å². The average Bonchev–Trinajstić information content (AvgIpc) is 2.68. The second kappa shape index (κ2) is 5.45. The van der Waals surface area contributed by atoms with Gasteiger partial charge < -0.3 is 19.7 Å². The molecule has 2 heterocycles. The van der Waals surface area contributed by atoms with Crippen molar-refractivity contribution in [2.45, 2.75) is 31.5 Å². The molecule has 1 atom stereocenters. The zero-order valence-electron chi connectivity index (χ0n) is 10.5. The minimum absolute atomic E-state index is 0.0880. The highest BCUT2D eigenvalue weighted by Crippen LogP contribution is 2.15. The van der Waals surface area contributed by atoms with Gasteiger partial charge in [0.2, 0.25) is 0 Å². The first-order valence-electron chi connectivity index (χ1n) is 6.33. The predicted molar refractivity (Wildman–Crippen MR) is 63.7 cm³/mol. The molecule has 2 fully saturated rings. The molecule has 0 radical (unpaired) electrons. The van der Waals surface area contributed by atoms with Gasteiger partial charge in [0.1, 0.15) is 0 Å². The molecule has 2 saturated heterocycles. The Hall–Kier alpha value is -0.160. The molecule has 2 aliphatic heterocycles. The first kappa shape index (κ1) is 12.3. The monoisotopic (exact) mass is 228 g/mol. The molecule has 4 heteroatoms. The van der Waals surface area contributed by atoms with Gasteiger partial charge in [0.05, 0.1) is 18.3 Å². The molecule has 0 saturated carbocycles. The summed E-state index contributed by atoms with van der Waals surface area (Å²) in [6.07, 6.45) is 2.89. The minimum Gasteiger partial charge on any atom is -0.377 e. The van der Waals surface area contributed by atoms with Crippen LogP contribution in [-0.2, 0) is 9.47 Å². The highest BCUT2D eigenvalue weighted by molar-refractivity contribution is 4.90. The number of hydrogen-bond donors (Lipinski definition) is 1. The van der Waals surface area contributed by atoms with E-state index in [-0.39, 0.29) is 5.60 Å². The van der Waals surface area contributed by atoms with Crippen molar-refractivity contribution in [1.82, 2.24) is 10.2 Å². The van der Waals surface area contributed by atoms with Gasteiger partial charge in [-0.25, -0.2) is 0 Å². The van der Waals surface area contributed by atoms with Crippen LogP contribution in [0.5, 0.6) is 0 Å². The highest BCUT2D eigenvalue weighted by Gasteiger charge is 2.32. The molecule has 16 heavy (non-hydrogen) atoms. The van der Waals surface area contributed by atoms with Gasteiger partial charge in [0.25, 0.3) is 0 Å². The van der Waals surface area contributed by atoms with E-state index in [9.17, 15) is 0 Å². The quantitative estimate of drug-likeness (QED) is 0.717. The van der Waals surface area contributed by atoms with Crippen LogP contribution >= 0.6 is 0 Å². The summed E-state index contributed by atoms with van der Waals surface area (Å²) >= 11 is 0. The molecule has 2 aliphatic rings. The molecule has 1 N–H and O–H groups in total. The van der Waals surface area contributed by atoms with Crippen molar-refractivity contribution in [2.24, 2.45) is 0 Å². The van der Waals surface area contributed by atoms with Gasteiger partial charge in [-0.15, -0.1) is 0 Å². The van der Waals surface area contributed by atoms with Crippen molar-refractivity contribution < 1.29 is 9.47 Å². The van der Waals surface area contributed by atoms with E-state index in [0.29, 0.717) is 6.10 Å². The molecule has 0 aromatic heterocycles. The second-order valence-corrected chi connectivity index (χ2v) is 5.30. The van der Waals surface area contributed by atoms with Gasteiger partial charge in [-0.3, -0.25) is 0 Å². The van der Waals surface area contributed by atoms with Crippen molar-refractivity contribution in [3.63, 3.8) is 0 Å². The lowest BCUT2D eigenvalue weighted by molar-refractivity contribution is -0.0724. The molecular weight excluding hydrogens is 204 g/mol. The highest BCUT2D eigenvalue weighted by atomic mass is 16.5. The van der Waals surface area contributed by atoms with Crippen LogP contribution in [0.15, 0.2) is 0 Å². The summed E-state index contributed by atoms with van der Waals surface area (Å²) in [4.78, 5) is 2.31. The van der Waals surface area contributed by atoms with Crippen LogP contribution in [0.2, 0.25) is 0 Å². The Morgan fingerprint density at radius 3 is 2.88 bits per heavy atom. The van der Waals surface area contributed by atoms with Crippen molar-refractivity contribution in [3.8, 4) is 0 Å². The third-order valence-electron chi connectivity index (χ3n) is 3.46. The largest absolute Gasteiger partial charge is 0.377 e. The van der Waals surface area contributed by atoms with Crippen LogP contribution in [-0.4, -0.2) is 63.0 Å². The Kier molecular flexibility index (Phi) is 4.19. The first-order valence-corrected chi connectivity index (χ1v) is 6.33. The maximum atomic E-state index is 5.86. The molecular formula is C12H24N2O2. The third kappa shape index (κ3) is 3.42. The topological polar surface area (TPSA) is 33.7 Å². The Labute approximate surface area is 98.3 Å². The maximum absolute atomic E-state index is 5.86. The van der Waals surface area contributed by atoms with Gasteiger partial charge in [-0.05, 0) is 26.8 Å². The predicted octanol–water partition coefficient (Wildman–Crippen LogP) is 0.476. The standard InChI is InChI=1S/C12H24N2O2/c1-12(9-13-10-12)16-7-5-14(2)8-11-4-3-6-15-11/h11,13H,3-10H2,1-2H3.